The molecular formula is C21H20N6O2S. The van der Waals surface area contributed by atoms with Crippen molar-refractivity contribution in [3.05, 3.63) is 65.3 Å². The summed E-state index contributed by atoms with van der Waals surface area (Å²) < 4.78 is 2.80. The molecule has 8 nitrogen and oxygen atoms in total. The Hall–Kier alpha value is -3.72. The molecule has 4 aromatic rings. The van der Waals surface area contributed by atoms with Crippen LogP contribution >= 0.6 is 11.3 Å². The van der Waals surface area contributed by atoms with E-state index >= 15 is 0 Å². The van der Waals surface area contributed by atoms with Crippen LogP contribution in [-0.2, 0) is 6.54 Å². The Labute approximate surface area is 176 Å². The molecule has 3 aromatic heterocycles. The predicted octanol–water partition coefficient (Wildman–Crippen LogP) is 3.87. The van der Waals surface area contributed by atoms with E-state index in [1.165, 1.54) is 17.5 Å². The van der Waals surface area contributed by atoms with Crippen molar-refractivity contribution < 1.29 is 9.59 Å². The number of aryl methyl sites for hydroxylation is 1. The topological polar surface area (TPSA) is 101 Å². The second-order valence-electron chi connectivity index (χ2n) is 6.46. The number of aromatic nitrogens is 3. The lowest BCUT2D eigenvalue weighted by atomic mass is 10.1. The molecule has 0 aliphatic rings. The van der Waals surface area contributed by atoms with Crippen LogP contribution in [0, 0.1) is 0 Å². The zero-order valence-electron chi connectivity index (χ0n) is 16.5. The molecule has 0 bridgehead atoms. The number of pyridine rings is 1. The number of hydrogen-bond acceptors (Lipinski definition) is 6. The van der Waals surface area contributed by atoms with Gasteiger partial charge in [0.2, 0.25) is 0 Å². The van der Waals surface area contributed by atoms with Gasteiger partial charge < -0.3 is 16.0 Å². The van der Waals surface area contributed by atoms with E-state index in [-0.39, 0.29) is 11.8 Å². The van der Waals surface area contributed by atoms with Crippen molar-refractivity contribution in [3.8, 4) is 0 Å². The molecule has 4 rings (SSSR count). The molecule has 2 amide bonds. The Kier molecular flexibility index (Phi) is 5.44. The van der Waals surface area contributed by atoms with Crippen molar-refractivity contribution in [2.45, 2.75) is 13.5 Å². The average Bonchev–Trinajstić information content (AvgIpc) is 3.40. The normalized spacial score (nSPS) is 10.7. The zero-order chi connectivity index (χ0) is 21.1. The smallest absolute Gasteiger partial charge is 0.257 e. The molecule has 0 atom stereocenters. The van der Waals surface area contributed by atoms with Crippen LogP contribution in [0.3, 0.4) is 0 Å². The SMILES string of the molecule is CCn1nccc1Nc1ncc(C(=O)NC)cc1NC(=O)c1csc2ccccc12. The number of benzene rings is 1. The summed E-state index contributed by atoms with van der Waals surface area (Å²) in [6, 6.07) is 11.2. The van der Waals surface area contributed by atoms with Gasteiger partial charge in [-0.3, -0.25) is 9.59 Å². The van der Waals surface area contributed by atoms with Gasteiger partial charge in [0.15, 0.2) is 5.82 Å². The molecule has 0 saturated heterocycles. The van der Waals surface area contributed by atoms with E-state index in [2.05, 4.69) is 26.0 Å². The van der Waals surface area contributed by atoms with Crippen LogP contribution in [0.4, 0.5) is 17.3 Å². The highest BCUT2D eigenvalue weighted by molar-refractivity contribution is 7.17. The fourth-order valence-electron chi connectivity index (χ4n) is 3.08. The van der Waals surface area contributed by atoms with Gasteiger partial charge in [-0.25, -0.2) is 9.67 Å². The predicted molar refractivity (Wildman–Crippen MR) is 119 cm³/mol. The Morgan fingerprint density at radius 3 is 2.80 bits per heavy atom. The summed E-state index contributed by atoms with van der Waals surface area (Å²) in [5.41, 5.74) is 1.32. The molecule has 0 unspecified atom stereocenters. The molecule has 1 aromatic carbocycles. The van der Waals surface area contributed by atoms with Crippen LogP contribution in [0.15, 0.2) is 54.2 Å². The summed E-state index contributed by atoms with van der Waals surface area (Å²) in [7, 11) is 1.55. The molecule has 0 aliphatic carbocycles. The van der Waals surface area contributed by atoms with E-state index in [4.69, 9.17) is 0 Å². The zero-order valence-corrected chi connectivity index (χ0v) is 17.3. The largest absolute Gasteiger partial charge is 0.355 e. The second-order valence-corrected chi connectivity index (χ2v) is 7.37. The van der Waals surface area contributed by atoms with Gasteiger partial charge in [0.05, 0.1) is 23.0 Å². The first kappa shape index (κ1) is 19.6. The summed E-state index contributed by atoms with van der Waals surface area (Å²) in [4.78, 5) is 29.5. The monoisotopic (exact) mass is 420 g/mol. The Morgan fingerprint density at radius 1 is 1.17 bits per heavy atom. The van der Waals surface area contributed by atoms with Gasteiger partial charge in [0, 0.05) is 41.3 Å². The van der Waals surface area contributed by atoms with Crippen LogP contribution in [0.5, 0.6) is 0 Å². The molecule has 0 saturated carbocycles. The number of thiophene rings is 1. The summed E-state index contributed by atoms with van der Waals surface area (Å²) >= 11 is 1.51. The van der Waals surface area contributed by atoms with E-state index in [9.17, 15) is 9.59 Å². The molecule has 9 heteroatoms. The number of carbonyl (C=O) groups excluding carboxylic acids is 2. The standard InChI is InChI=1S/C21H20N6O2S/c1-3-27-18(8-9-24-27)26-19-16(10-13(11-23-19)20(28)22-2)25-21(29)15-12-30-17-7-5-4-6-14(15)17/h4-12H,3H2,1-2H3,(H,22,28)(H,23,26)(H,25,29). The minimum Gasteiger partial charge on any atom is -0.355 e. The highest BCUT2D eigenvalue weighted by atomic mass is 32.1. The average molecular weight is 420 g/mol. The molecular weight excluding hydrogens is 400 g/mol. The second kappa shape index (κ2) is 8.34. The first-order chi connectivity index (χ1) is 14.6. The first-order valence-electron chi connectivity index (χ1n) is 9.39. The molecule has 30 heavy (non-hydrogen) atoms. The Morgan fingerprint density at radius 2 is 2.00 bits per heavy atom. The maximum absolute atomic E-state index is 13.0. The lowest BCUT2D eigenvalue weighted by molar-refractivity contribution is 0.0961. The summed E-state index contributed by atoms with van der Waals surface area (Å²) in [6.07, 6.45) is 3.14. The van der Waals surface area contributed by atoms with Gasteiger partial charge in [-0.1, -0.05) is 18.2 Å². The van der Waals surface area contributed by atoms with Crippen molar-refractivity contribution >= 4 is 50.6 Å². The number of fused-ring (bicyclic) bond motifs is 1. The molecule has 0 aliphatic heterocycles. The van der Waals surface area contributed by atoms with Gasteiger partial charge in [-0.05, 0) is 19.1 Å². The van der Waals surface area contributed by atoms with E-state index in [0.29, 0.717) is 29.2 Å². The third-order valence-electron chi connectivity index (χ3n) is 4.61. The first-order valence-corrected chi connectivity index (χ1v) is 10.3. The van der Waals surface area contributed by atoms with Crippen LogP contribution < -0.4 is 16.0 Å². The van der Waals surface area contributed by atoms with Gasteiger partial charge in [-0.2, -0.15) is 5.10 Å². The minimum atomic E-state index is -0.288. The van der Waals surface area contributed by atoms with Gasteiger partial charge in [0.25, 0.3) is 11.8 Å². The maximum atomic E-state index is 13.0. The summed E-state index contributed by atoms with van der Waals surface area (Å²) in [6.45, 7) is 2.65. The number of nitrogens with one attached hydrogen (secondary N) is 3. The third kappa shape index (κ3) is 3.74. The van der Waals surface area contributed by atoms with Crippen molar-refractivity contribution in [1.29, 1.82) is 0 Å². The number of nitrogens with zero attached hydrogens (tertiary/aromatic N) is 3. The fourth-order valence-corrected chi connectivity index (χ4v) is 4.02. The summed E-state index contributed by atoms with van der Waals surface area (Å²) in [5.74, 6) is 0.597. The van der Waals surface area contributed by atoms with Gasteiger partial charge in [0.1, 0.15) is 5.82 Å². The molecule has 3 heterocycles. The Bertz CT molecular complexity index is 1230. The maximum Gasteiger partial charge on any atom is 0.257 e. The molecule has 152 valence electrons. The molecule has 0 spiro atoms. The number of amides is 2. The molecule has 0 radical (unpaired) electrons. The highest BCUT2D eigenvalue weighted by Crippen LogP contribution is 2.29. The van der Waals surface area contributed by atoms with Gasteiger partial charge in [-0.15, -0.1) is 11.3 Å². The summed E-state index contributed by atoms with van der Waals surface area (Å²) in [5, 5.41) is 15.6. The van der Waals surface area contributed by atoms with E-state index in [1.54, 1.807) is 24.0 Å². The lowest BCUT2D eigenvalue weighted by Gasteiger charge is -2.14. The van der Waals surface area contributed by atoms with Crippen molar-refractivity contribution in [1.82, 2.24) is 20.1 Å². The Balaban J connectivity index is 1.70. The lowest BCUT2D eigenvalue weighted by Crippen LogP contribution is -2.20. The number of rotatable bonds is 6. The quantitative estimate of drug-likeness (QED) is 0.440. The van der Waals surface area contributed by atoms with E-state index in [0.717, 1.165) is 15.9 Å². The molecule has 0 fully saturated rings. The fraction of sp³-hybridized carbons (Fsp3) is 0.143. The van der Waals surface area contributed by atoms with Crippen LogP contribution in [0.1, 0.15) is 27.6 Å². The minimum absolute atomic E-state index is 0.268. The molecule has 3 N–H and O–H groups in total. The third-order valence-corrected chi connectivity index (χ3v) is 5.58. The number of carbonyl (C=O) groups is 2. The highest BCUT2D eigenvalue weighted by Gasteiger charge is 2.17. The van der Waals surface area contributed by atoms with E-state index < -0.39 is 0 Å². The van der Waals surface area contributed by atoms with Crippen molar-refractivity contribution in [2.24, 2.45) is 0 Å². The van der Waals surface area contributed by atoms with E-state index in [1.807, 2.05) is 42.6 Å². The number of hydrogen-bond donors (Lipinski definition) is 3. The van der Waals surface area contributed by atoms with Crippen LogP contribution in [0.25, 0.3) is 10.1 Å². The van der Waals surface area contributed by atoms with Crippen molar-refractivity contribution in [3.63, 3.8) is 0 Å². The number of anilines is 3. The van der Waals surface area contributed by atoms with Crippen molar-refractivity contribution in [2.75, 3.05) is 17.7 Å². The van der Waals surface area contributed by atoms with Gasteiger partial charge >= 0.3 is 0 Å². The van der Waals surface area contributed by atoms with Crippen LogP contribution in [0.2, 0.25) is 0 Å². The van der Waals surface area contributed by atoms with Crippen LogP contribution in [-0.4, -0.2) is 33.6 Å².